The maximum atomic E-state index is 12.5. The highest BCUT2D eigenvalue weighted by Crippen LogP contribution is 2.40. The lowest BCUT2D eigenvalue weighted by Gasteiger charge is -2.35. The molecule has 2 aliphatic carbocycles. The molecule has 4 heteroatoms. The molecule has 0 aromatic carbocycles. The lowest BCUT2D eigenvalue weighted by Crippen LogP contribution is -2.56. The SMILES string of the molecule is CC1(C(=O)NC2CCCC2)CCC(=O)N1C1CC1. The van der Waals surface area contributed by atoms with Gasteiger partial charge in [0.25, 0.3) is 0 Å². The van der Waals surface area contributed by atoms with Crippen LogP contribution in [0.1, 0.15) is 58.3 Å². The van der Waals surface area contributed by atoms with Crippen molar-refractivity contribution in [1.82, 2.24) is 10.2 Å². The number of rotatable bonds is 3. The van der Waals surface area contributed by atoms with Crippen LogP contribution in [-0.4, -0.2) is 34.3 Å². The molecule has 2 saturated carbocycles. The van der Waals surface area contributed by atoms with Crippen molar-refractivity contribution < 1.29 is 9.59 Å². The summed E-state index contributed by atoms with van der Waals surface area (Å²) in [4.78, 5) is 26.3. The monoisotopic (exact) mass is 250 g/mol. The van der Waals surface area contributed by atoms with Gasteiger partial charge in [0, 0.05) is 18.5 Å². The first-order valence-electron chi connectivity index (χ1n) is 7.24. The Balaban J connectivity index is 1.71. The Kier molecular flexibility index (Phi) is 2.83. The maximum absolute atomic E-state index is 12.5. The summed E-state index contributed by atoms with van der Waals surface area (Å²) in [7, 11) is 0. The molecule has 1 heterocycles. The minimum Gasteiger partial charge on any atom is -0.351 e. The molecule has 0 aromatic heterocycles. The summed E-state index contributed by atoms with van der Waals surface area (Å²) in [6, 6.07) is 0.672. The van der Waals surface area contributed by atoms with E-state index in [0.717, 1.165) is 25.7 Å². The van der Waals surface area contributed by atoms with E-state index in [0.29, 0.717) is 24.9 Å². The van der Waals surface area contributed by atoms with Crippen molar-refractivity contribution in [3.8, 4) is 0 Å². The molecule has 3 fully saturated rings. The van der Waals surface area contributed by atoms with Crippen molar-refractivity contribution in [2.75, 3.05) is 0 Å². The second-order valence-electron chi connectivity index (χ2n) is 6.22. The van der Waals surface area contributed by atoms with Crippen LogP contribution >= 0.6 is 0 Å². The van der Waals surface area contributed by atoms with E-state index in [1.165, 1.54) is 12.8 Å². The van der Waals surface area contributed by atoms with E-state index in [1.807, 2.05) is 11.8 Å². The van der Waals surface area contributed by atoms with Gasteiger partial charge in [-0.25, -0.2) is 0 Å². The molecule has 0 aromatic rings. The van der Waals surface area contributed by atoms with Crippen LogP contribution in [0.3, 0.4) is 0 Å². The smallest absolute Gasteiger partial charge is 0.245 e. The van der Waals surface area contributed by atoms with Gasteiger partial charge < -0.3 is 10.2 Å². The van der Waals surface area contributed by atoms with Crippen LogP contribution in [0.5, 0.6) is 0 Å². The lowest BCUT2D eigenvalue weighted by atomic mass is 9.96. The Hall–Kier alpha value is -1.06. The number of carbonyl (C=O) groups excluding carboxylic acids is 2. The summed E-state index contributed by atoms with van der Waals surface area (Å²) < 4.78 is 0. The third-order valence-corrected chi connectivity index (χ3v) is 4.72. The number of hydrogen-bond donors (Lipinski definition) is 1. The molecule has 1 aliphatic heterocycles. The Morgan fingerprint density at radius 1 is 1.28 bits per heavy atom. The van der Waals surface area contributed by atoms with Gasteiger partial charge >= 0.3 is 0 Å². The van der Waals surface area contributed by atoms with Gasteiger partial charge in [-0.15, -0.1) is 0 Å². The van der Waals surface area contributed by atoms with E-state index in [-0.39, 0.29) is 11.8 Å². The van der Waals surface area contributed by atoms with Crippen LogP contribution < -0.4 is 5.32 Å². The molecule has 2 amide bonds. The normalized spacial score (nSPS) is 33.2. The van der Waals surface area contributed by atoms with Gasteiger partial charge in [0.15, 0.2) is 0 Å². The molecule has 1 unspecified atom stereocenters. The van der Waals surface area contributed by atoms with E-state index < -0.39 is 5.54 Å². The molecule has 1 saturated heterocycles. The number of likely N-dealkylation sites (tertiary alicyclic amines) is 1. The van der Waals surface area contributed by atoms with Crippen LogP contribution in [-0.2, 0) is 9.59 Å². The predicted molar refractivity (Wildman–Crippen MR) is 67.9 cm³/mol. The molecule has 0 bridgehead atoms. The summed E-state index contributed by atoms with van der Waals surface area (Å²) in [5.41, 5.74) is -0.582. The molecular weight excluding hydrogens is 228 g/mol. The van der Waals surface area contributed by atoms with Crippen LogP contribution in [0.25, 0.3) is 0 Å². The Morgan fingerprint density at radius 3 is 2.56 bits per heavy atom. The first-order chi connectivity index (χ1) is 8.61. The molecule has 100 valence electrons. The van der Waals surface area contributed by atoms with E-state index in [1.54, 1.807) is 0 Å². The van der Waals surface area contributed by atoms with Crippen molar-refractivity contribution >= 4 is 11.8 Å². The fourth-order valence-corrected chi connectivity index (χ4v) is 3.44. The van der Waals surface area contributed by atoms with Crippen molar-refractivity contribution in [2.24, 2.45) is 0 Å². The van der Waals surface area contributed by atoms with E-state index in [4.69, 9.17) is 0 Å². The first-order valence-corrected chi connectivity index (χ1v) is 7.24. The molecule has 0 spiro atoms. The lowest BCUT2D eigenvalue weighted by molar-refractivity contribution is -0.141. The highest BCUT2D eigenvalue weighted by Gasteiger charge is 2.52. The number of nitrogens with zero attached hydrogens (tertiary/aromatic N) is 1. The molecule has 18 heavy (non-hydrogen) atoms. The Labute approximate surface area is 108 Å². The number of carbonyl (C=O) groups is 2. The van der Waals surface area contributed by atoms with Gasteiger partial charge in [0.2, 0.25) is 11.8 Å². The highest BCUT2D eigenvalue weighted by atomic mass is 16.2. The Morgan fingerprint density at radius 2 is 1.94 bits per heavy atom. The van der Waals surface area contributed by atoms with Crippen molar-refractivity contribution in [3.63, 3.8) is 0 Å². The molecule has 1 atom stereocenters. The topological polar surface area (TPSA) is 49.4 Å². The van der Waals surface area contributed by atoms with Crippen LogP contribution in [0.4, 0.5) is 0 Å². The quantitative estimate of drug-likeness (QED) is 0.827. The van der Waals surface area contributed by atoms with Crippen molar-refractivity contribution in [1.29, 1.82) is 0 Å². The molecular formula is C14H22N2O2. The molecule has 3 aliphatic rings. The largest absolute Gasteiger partial charge is 0.351 e. The van der Waals surface area contributed by atoms with E-state index >= 15 is 0 Å². The second-order valence-corrected chi connectivity index (χ2v) is 6.22. The summed E-state index contributed by atoms with van der Waals surface area (Å²) in [6.07, 6.45) is 7.97. The van der Waals surface area contributed by atoms with E-state index in [9.17, 15) is 9.59 Å². The summed E-state index contributed by atoms with van der Waals surface area (Å²) >= 11 is 0. The number of hydrogen-bond acceptors (Lipinski definition) is 2. The minimum atomic E-state index is -0.582. The third kappa shape index (κ3) is 1.91. The molecule has 0 radical (unpaired) electrons. The van der Waals surface area contributed by atoms with Crippen molar-refractivity contribution in [2.45, 2.75) is 75.9 Å². The van der Waals surface area contributed by atoms with Crippen LogP contribution in [0.2, 0.25) is 0 Å². The third-order valence-electron chi connectivity index (χ3n) is 4.72. The standard InChI is InChI=1S/C14H22N2O2/c1-14(13(18)15-10-4-2-3-5-10)9-8-12(17)16(14)11-6-7-11/h10-11H,2-9H2,1H3,(H,15,18). The van der Waals surface area contributed by atoms with Gasteiger partial charge in [-0.1, -0.05) is 12.8 Å². The minimum absolute atomic E-state index is 0.0761. The highest BCUT2D eigenvalue weighted by molar-refractivity contribution is 5.94. The van der Waals surface area contributed by atoms with Crippen LogP contribution in [0.15, 0.2) is 0 Å². The zero-order valence-corrected chi connectivity index (χ0v) is 11.1. The fraction of sp³-hybridized carbons (Fsp3) is 0.857. The van der Waals surface area contributed by atoms with Gasteiger partial charge in [-0.3, -0.25) is 9.59 Å². The van der Waals surface area contributed by atoms with Gasteiger partial charge in [-0.05, 0) is 39.0 Å². The van der Waals surface area contributed by atoms with Gasteiger partial charge in [0.1, 0.15) is 5.54 Å². The fourth-order valence-electron chi connectivity index (χ4n) is 3.44. The average Bonchev–Trinajstić information content (AvgIpc) is 2.93. The maximum Gasteiger partial charge on any atom is 0.245 e. The first kappa shape index (κ1) is 12.0. The predicted octanol–water partition coefficient (Wildman–Crippen LogP) is 1.59. The molecule has 1 N–H and O–H groups in total. The second kappa shape index (κ2) is 4.25. The number of nitrogens with one attached hydrogen (secondary N) is 1. The average molecular weight is 250 g/mol. The Bertz CT molecular complexity index is 372. The summed E-state index contributed by atoms with van der Waals surface area (Å²) in [5, 5.41) is 3.16. The number of amides is 2. The zero-order chi connectivity index (χ0) is 12.8. The molecule has 3 rings (SSSR count). The summed E-state index contributed by atoms with van der Waals surface area (Å²) in [5.74, 6) is 0.244. The van der Waals surface area contributed by atoms with Gasteiger partial charge in [-0.2, -0.15) is 0 Å². The zero-order valence-electron chi connectivity index (χ0n) is 11.1. The van der Waals surface area contributed by atoms with Gasteiger partial charge in [0.05, 0.1) is 0 Å². The molecule has 4 nitrogen and oxygen atoms in total. The van der Waals surface area contributed by atoms with E-state index in [2.05, 4.69) is 5.32 Å². The van der Waals surface area contributed by atoms with Crippen molar-refractivity contribution in [3.05, 3.63) is 0 Å². The van der Waals surface area contributed by atoms with Crippen LogP contribution in [0, 0.1) is 0 Å². The summed E-state index contributed by atoms with van der Waals surface area (Å²) in [6.45, 7) is 1.94.